The number of esters is 2. The Bertz CT molecular complexity index is 962. The Balaban J connectivity index is 1.72. The van der Waals surface area contributed by atoms with Crippen molar-refractivity contribution >= 4 is 40.8 Å². The molecular formula is C20H17ClN2O5. The minimum absolute atomic E-state index is 0.270. The lowest BCUT2D eigenvalue weighted by molar-refractivity contribution is -0.222. The number of ether oxygens (including phenoxy) is 2. The second kappa shape index (κ2) is 7.74. The lowest BCUT2D eigenvalue weighted by atomic mass is 10.1. The van der Waals surface area contributed by atoms with Crippen molar-refractivity contribution in [2.45, 2.75) is 19.6 Å². The Kier molecular flexibility index (Phi) is 5.37. The SMILES string of the molecule is CC1(C)OC(=O)C(=CNc2cccc(C(=O)Nc3cccc(Cl)c3)c2)C(=O)O1. The summed E-state index contributed by atoms with van der Waals surface area (Å²) in [5, 5.41) is 6.05. The van der Waals surface area contributed by atoms with Crippen molar-refractivity contribution < 1.29 is 23.9 Å². The fourth-order valence-corrected chi connectivity index (χ4v) is 2.64. The number of nitrogens with one attached hydrogen (secondary N) is 2. The third-order valence-electron chi connectivity index (χ3n) is 3.71. The van der Waals surface area contributed by atoms with Crippen LogP contribution in [0.4, 0.5) is 11.4 Å². The standard InChI is InChI=1S/C20H17ClN2O5/c1-20(2)27-18(25)16(19(26)28-20)11-22-14-7-3-5-12(9-14)17(24)23-15-8-4-6-13(21)10-15/h3-11,22H,1-2H3,(H,23,24). The van der Waals surface area contributed by atoms with Crippen molar-refractivity contribution in [3.05, 3.63) is 70.9 Å². The first-order valence-electron chi connectivity index (χ1n) is 8.34. The summed E-state index contributed by atoms with van der Waals surface area (Å²) in [4.78, 5) is 36.3. The van der Waals surface area contributed by atoms with Gasteiger partial charge in [0.25, 0.3) is 11.7 Å². The van der Waals surface area contributed by atoms with Crippen LogP contribution in [0.25, 0.3) is 0 Å². The molecule has 1 saturated heterocycles. The molecular weight excluding hydrogens is 384 g/mol. The minimum atomic E-state index is -1.30. The number of anilines is 2. The first kappa shape index (κ1) is 19.4. The zero-order valence-electron chi connectivity index (χ0n) is 15.1. The van der Waals surface area contributed by atoms with Crippen LogP contribution in [0.2, 0.25) is 5.02 Å². The molecule has 7 nitrogen and oxygen atoms in total. The van der Waals surface area contributed by atoms with E-state index >= 15 is 0 Å². The maximum atomic E-state index is 12.4. The van der Waals surface area contributed by atoms with Gasteiger partial charge in [0.1, 0.15) is 0 Å². The number of halogens is 1. The van der Waals surface area contributed by atoms with Gasteiger partial charge in [0, 0.05) is 42.0 Å². The van der Waals surface area contributed by atoms with E-state index in [0.29, 0.717) is 22.0 Å². The van der Waals surface area contributed by atoms with Crippen molar-refractivity contribution in [2.75, 3.05) is 10.6 Å². The fraction of sp³-hybridized carbons (Fsp3) is 0.150. The largest absolute Gasteiger partial charge is 0.419 e. The first-order valence-corrected chi connectivity index (χ1v) is 8.72. The van der Waals surface area contributed by atoms with Gasteiger partial charge in [-0.15, -0.1) is 0 Å². The van der Waals surface area contributed by atoms with Gasteiger partial charge in [-0.2, -0.15) is 0 Å². The van der Waals surface area contributed by atoms with E-state index < -0.39 is 17.7 Å². The predicted molar refractivity (Wildman–Crippen MR) is 104 cm³/mol. The van der Waals surface area contributed by atoms with Crippen LogP contribution >= 0.6 is 11.6 Å². The summed E-state index contributed by atoms with van der Waals surface area (Å²) in [6, 6.07) is 13.3. The zero-order valence-corrected chi connectivity index (χ0v) is 15.9. The highest BCUT2D eigenvalue weighted by molar-refractivity contribution is 6.31. The van der Waals surface area contributed by atoms with Crippen LogP contribution in [-0.2, 0) is 19.1 Å². The molecule has 0 aromatic heterocycles. The Morgan fingerprint density at radius 1 is 1.00 bits per heavy atom. The van der Waals surface area contributed by atoms with Crippen LogP contribution in [0.15, 0.2) is 60.3 Å². The van der Waals surface area contributed by atoms with Gasteiger partial charge in [-0.25, -0.2) is 9.59 Å². The van der Waals surface area contributed by atoms with E-state index in [4.69, 9.17) is 21.1 Å². The molecule has 2 aromatic carbocycles. The Hall–Kier alpha value is -3.32. The Morgan fingerprint density at radius 2 is 1.64 bits per heavy atom. The molecule has 8 heteroatoms. The number of cyclic esters (lactones) is 2. The van der Waals surface area contributed by atoms with Crippen molar-refractivity contribution in [1.82, 2.24) is 0 Å². The van der Waals surface area contributed by atoms with Gasteiger partial charge in [-0.05, 0) is 36.4 Å². The van der Waals surface area contributed by atoms with Crippen molar-refractivity contribution in [1.29, 1.82) is 0 Å². The average molecular weight is 401 g/mol. The summed E-state index contributed by atoms with van der Waals surface area (Å²) in [5.74, 6) is -3.21. The molecule has 0 atom stereocenters. The molecule has 1 heterocycles. The van der Waals surface area contributed by atoms with E-state index in [2.05, 4.69) is 10.6 Å². The Labute approximate surface area is 166 Å². The van der Waals surface area contributed by atoms with Crippen LogP contribution in [-0.4, -0.2) is 23.6 Å². The van der Waals surface area contributed by atoms with Crippen molar-refractivity contribution in [2.24, 2.45) is 0 Å². The lowest BCUT2D eigenvalue weighted by Gasteiger charge is -2.29. The van der Waals surface area contributed by atoms with E-state index in [-0.39, 0.29) is 11.5 Å². The van der Waals surface area contributed by atoms with Crippen molar-refractivity contribution in [3.8, 4) is 0 Å². The molecule has 0 radical (unpaired) electrons. The van der Waals surface area contributed by atoms with E-state index in [9.17, 15) is 14.4 Å². The number of hydrogen-bond donors (Lipinski definition) is 2. The van der Waals surface area contributed by atoms with Gasteiger partial charge in [-0.3, -0.25) is 4.79 Å². The summed E-state index contributed by atoms with van der Waals surface area (Å²) in [5.41, 5.74) is 1.16. The van der Waals surface area contributed by atoms with Gasteiger partial charge in [0.05, 0.1) is 0 Å². The molecule has 2 N–H and O–H groups in total. The highest BCUT2D eigenvalue weighted by atomic mass is 35.5. The molecule has 0 saturated carbocycles. The average Bonchev–Trinajstić information content (AvgIpc) is 2.60. The smallest absolute Gasteiger partial charge is 0.350 e. The maximum Gasteiger partial charge on any atom is 0.350 e. The molecule has 0 spiro atoms. The van der Waals surface area contributed by atoms with Gasteiger partial charge < -0.3 is 20.1 Å². The molecule has 1 aliphatic rings. The van der Waals surface area contributed by atoms with Gasteiger partial charge in [0.2, 0.25) is 0 Å². The summed E-state index contributed by atoms with van der Waals surface area (Å²) in [6.07, 6.45) is 1.19. The normalized spacial score (nSPS) is 15.3. The van der Waals surface area contributed by atoms with Crippen LogP contribution < -0.4 is 10.6 Å². The van der Waals surface area contributed by atoms with Gasteiger partial charge in [-0.1, -0.05) is 23.7 Å². The maximum absolute atomic E-state index is 12.4. The summed E-state index contributed by atoms with van der Waals surface area (Å²) < 4.78 is 10.0. The topological polar surface area (TPSA) is 93.7 Å². The van der Waals surface area contributed by atoms with Crippen LogP contribution in [0.3, 0.4) is 0 Å². The summed E-state index contributed by atoms with van der Waals surface area (Å²) in [6.45, 7) is 2.93. The third kappa shape index (κ3) is 4.69. The van der Waals surface area contributed by atoms with Crippen molar-refractivity contribution in [3.63, 3.8) is 0 Å². The van der Waals surface area contributed by atoms with E-state index in [1.165, 1.54) is 20.0 Å². The van der Waals surface area contributed by atoms with Crippen LogP contribution in [0, 0.1) is 0 Å². The minimum Gasteiger partial charge on any atom is -0.419 e. The van der Waals surface area contributed by atoms with E-state index in [0.717, 1.165) is 0 Å². The zero-order chi connectivity index (χ0) is 20.3. The van der Waals surface area contributed by atoms with E-state index in [1.807, 2.05) is 0 Å². The number of rotatable bonds is 4. The van der Waals surface area contributed by atoms with Crippen LogP contribution in [0.1, 0.15) is 24.2 Å². The molecule has 1 aliphatic heterocycles. The number of benzene rings is 2. The second-order valence-electron chi connectivity index (χ2n) is 6.43. The quantitative estimate of drug-likeness (QED) is 0.461. The van der Waals surface area contributed by atoms with E-state index in [1.54, 1.807) is 48.5 Å². The molecule has 3 rings (SSSR count). The molecule has 0 bridgehead atoms. The number of carbonyl (C=O) groups excluding carboxylic acids is 3. The number of hydrogen-bond acceptors (Lipinski definition) is 6. The first-order chi connectivity index (χ1) is 13.2. The molecule has 0 unspecified atom stereocenters. The highest BCUT2D eigenvalue weighted by Gasteiger charge is 2.38. The number of carbonyl (C=O) groups is 3. The molecule has 0 aliphatic carbocycles. The lowest BCUT2D eigenvalue weighted by Crippen LogP contribution is -2.42. The number of amides is 1. The molecule has 144 valence electrons. The fourth-order valence-electron chi connectivity index (χ4n) is 2.45. The van der Waals surface area contributed by atoms with Gasteiger partial charge in [0.15, 0.2) is 5.57 Å². The predicted octanol–water partition coefficient (Wildman–Crippen LogP) is 3.72. The molecule has 2 aromatic rings. The molecule has 1 fully saturated rings. The van der Waals surface area contributed by atoms with Gasteiger partial charge >= 0.3 is 11.9 Å². The summed E-state index contributed by atoms with van der Waals surface area (Å²) >= 11 is 5.91. The third-order valence-corrected chi connectivity index (χ3v) is 3.94. The second-order valence-corrected chi connectivity index (χ2v) is 6.86. The highest BCUT2D eigenvalue weighted by Crippen LogP contribution is 2.23. The Morgan fingerprint density at radius 3 is 2.32 bits per heavy atom. The summed E-state index contributed by atoms with van der Waals surface area (Å²) in [7, 11) is 0. The van der Waals surface area contributed by atoms with Crippen LogP contribution in [0.5, 0.6) is 0 Å². The molecule has 28 heavy (non-hydrogen) atoms. The monoisotopic (exact) mass is 400 g/mol. The molecule has 1 amide bonds.